The monoisotopic (exact) mass is 257 g/mol. The zero-order valence-electron chi connectivity index (χ0n) is 11.1. The van der Waals surface area contributed by atoms with Gasteiger partial charge in [0.05, 0.1) is 0 Å². The summed E-state index contributed by atoms with van der Waals surface area (Å²) in [5, 5.41) is 3.21. The molecule has 1 N–H and O–H groups in total. The molecule has 1 aliphatic rings. The molecule has 0 spiro atoms. The minimum absolute atomic E-state index is 0.127. The Morgan fingerprint density at radius 3 is 1.94 bits per heavy atom. The molecule has 1 aromatic carbocycles. The number of halogens is 3. The van der Waals surface area contributed by atoms with E-state index in [1.165, 1.54) is 0 Å². The molecule has 0 atom stereocenters. The highest BCUT2D eigenvalue weighted by Crippen LogP contribution is 2.62. The third-order valence-electron chi connectivity index (χ3n) is 4.61. The first kappa shape index (κ1) is 13.4. The van der Waals surface area contributed by atoms with Crippen LogP contribution in [0.5, 0.6) is 0 Å². The van der Waals surface area contributed by atoms with E-state index in [0.717, 1.165) is 6.07 Å². The Kier molecular flexibility index (Phi) is 2.97. The van der Waals surface area contributed by atoms with Gasteiger partial charge in [0.1, 0.15) is 5.82 Å². The summed E-state index contributed by atoms with van der Waals surface area (Å²) in [6.45, 7) is 8.73. The maximum absolute atomic E-state index is 13.4. The quantitative estimate of drug-likeness (QED) is 0.815. The molecule has 0 bridgehead atoms. The van der Waals surface area contributed by atoms with Crippen molar-refractivity contribution in [3.8, 4) is 0 Å². The molecule has 0 radical (unpaired) electrons. The summed E-state index contributed by atoms with van der Waals surface area (Å²) < 4.78 is 39.3. The standard InChI is InChI=1S/C14H18F3N/c1-13(2)12(14(13,3)4)18-7-8-5-10(16)11(17)6-9(8)15/h5-6,12,18H,7H2,1-4H3. The van der Waals surface area contributed by atoms with E-state index in [0.29, 0.717) is 6.07 Å². The molecule has 0 aromatic heterocycles. The lowest BCUT2D eigenvalue weighted by molar-refractivity contribution is 0.457. The van der Waals surface area contributed by atoms with Gasteiger partial charge in [0.15, 0.2) is 11.6 Å². The fourth-order valence-electron chi connectivity index (χ4n) is 2.62. The van der Waals surface area contributed by atoms with Crippen molar-refractivity contribution in [2.24, 2.45) is 10.8 Å². The van der Waals surface area contributed by atoms with Crippen molar-refractivity contribution >= 4 is 0 Å². The molecule has 0 amide bonds. The van der Waals surface area contributed by atoms with Crippen LogP contribution in [-0.2, 0) is 6.54 Å². The highest BCUT2D eigenvalue weighted by molar-refractivity contribution is 5.22. The van der Waals surface area contributed by atoms with E-state index < -0.39 is 17.5 Å². The zero-order valence-corrected chi connectivity index (χ0v) is 11.1. The summed E-state index contributed by atoms with van der Waals surface area (Å²) in [6, 6.07) is 1.76. The van der Waals surface area contributed by atoms with E-state index in [4.69, 9.17) is 0 Å². The second-order valence-corrected chi connectivity index (χ2v) is 6.12. The van der Waals surface area contributed by atoms with Gasteiger partial charge in [-0.15, -0.1) is 0 Å². The van der Waals surface area contributed by atoms with Crippen molar-refractivity contribution in [1.29, 1.82) is 0 Å². The van der Waals surface area contributed by atoms with Crippen LogP contribution in [0.25, 0.3) is 0 Å². The SMILES string of the molecule is CC1(C)C(NCc2cc(F)c(F)cc2F)C1(C)C. The number of nitrogens with one attached hydrogen (secondary N) is 1. The van der Waals surface area contributed by atoms with Crippen molar-refractivity contribution in [1.82, 2.24) is 5.32 Å². The molecule has 18 heavy (non-hydrogen) atoms. The Labute approximate surface area is 105 Å². The third kappa shape index (κ3) is 1.92. The molecular weight excluding hydrogens is 239 g/mol. The fourth-order valence-corrected chi connectivity index (χ4v) is 2.62. The van der Waals surface area contributed by atoms with Gasteiger partial charge in [-0.2, -0.15) is 0 Å². The van der Waals surface area contributed by atoms with Gasteiger partial charge in [0.2, 0.25) is 0 Å². The molecule has 0 saturated heterocycles. The highest BCUT2D eigenvalue weighted by atomic mass is 19.2. The normalized spacial score (nSPS) is 21.1. The van der Waals surface area contributed by atoms with Crippen LogP contribution in [0.2, 0.25) is 0 Å². The number of benzene rings is 1. The van der Waals surface area contributed by atoms with Gasteiger partial charge in [-0.1, -0.05) is 27.7 Å². The third-order valence-corrected chi connectivity index (χ3v) is 4.61. The van der Waals surface area contributed by atoms with E-state index in [2.05, 4.69) is 33.0 Å². The van der Waals surface area contributed by atoms with E-state index in [1.807, 2.05) is 0 Å². The maximum Gasteiger partial charge on any atom is 0.161 e. The summed E-state index contributed by atoms with van der Waals surface area (Å²) in [4.78, 5) is 0. The Bertz CT molecular complexity index is 466. The van der Waals surface area contributed by atoms with Crippen molar-refractivity contribution in [2.45, 2.75) is 40.3 Å². The smallest absolute Gasteiger partial charge is 0.161 e. The number of rotatable bonds is 3. The molecule has 0 unspecified atom stereocenters. The molecule has 0 heterocycles. The van der Waals surface area contributed by atoms with Crippen LogP contribution in [-0.4, -0.2) is 6.04 Å². The minimum atomic E-state index is -1.15. The molecular formula is C14H18F3N. The molecule has 1 nitrogen and oxygen atoms in total. The first-order valence-electron chi connectivity index (χ1n) is 6.04. The van der Waals surface area contributed by atoms with Crippen LogP contribution in [0.4, 0.5) is 13.2 Å². The molecule has 4 heteroatoms. The Balaban J connectivity index is 2.07. The predicted molar refractivity (Wildman–Crippen MR) is 64.5 cm³/mol. The average molecular weight is 257 g/mol. The lowest BCUT2D eigenvalue weighted by Crippen LogP contribution is -2.22. The van der Waals surface area contributed by atoms with Crippen LogP contribution in [0.15, 0.2) is 12.1 Å². The van der Waals surface area contributed by atoms with Crippen LogP contribution in [0.3, 0.4) is 0 Å². The summed E-state index contributed by atoms with van der Waals surface area (Å²) in [5.74, 6) is -2.87. The molecule has 1 aliphatic carbocycles. The summed E-state index contributed by atoms with van der Waals surface area (Å²) >= 11 is 0. The van der Waals surface area contributed by atoms with Crippen LogP contribution < -0.4 is 5.32 Å². The average Bonchev–Trinajstić information content (AvgIpc) is 2.62. The van der Waals surface area contributed by atoms with Crippen molar-refractivity contribution in [2.75, 3.05) is 0 Å². The topological polar surface area (TPSA) is 12.0 Å². The minimum Gasteiger partial charge on any atom is -0.309 e. The largest absolute Gasteiger partial charge is 0.309 e. The Morgan fingerprint density at radius 2 is 1.44 bits per heavy atom. The van der Waals surface area contributed by atoms with E-state index in [9.17, 15) is 13.2 Å². The highest BCUT2D eigenvalue weighted by Gasteiger charge is 2.64. The zero-order chi connectivity index (χ0) is 13.7. The van der Waals surface area contributed by atoms with Crippen molar-refractivity contribution in [3.05, 3.63) is 35.1 Å². The Morgan fingerprint density at radius 1 is 0.944 bits per heavy atom. The van der Waals surface area contributed by atoms with Gasteiger partial charge >= 0.3 is 0 Å². The van der Waals surface area contributed by atoms with Gasteiger partial charge in [-0.3, -0.25) is 0 Å². The van der Waals surface area contributed by atoms with Crippen molar-refractivity contribution in [3.63, 3.8) is 0 Å². The van der Waals surface area contributed by atoms with E-state index in [-0.39, 0.29) is 29.0 Å². The molecule has 100 valence electrons. The number of hydrogen-bond donors (Lipinski definition) is 1. The molecule has 2 rings (SSSR count). The van der Waals surface area contributed by atoms with Crippen LogP contribution in [0, 0.1) is 28.3 Å². The van der Waals surface area contributed by atoms with Crippen LogP contribution in [0.1, 0.15) is 33.3 Å². The Hall–Kier alpha value is -1.03. The first-order valence-corrected chi connectivity index (χ1v) is 6.04. The fraction of sp³-hybridized carbons (Fsp3) is 0.571. The van der Waals surface area contributed by atoms with Gasteiger partial charge in [0, 0.05) is 24.2 Å². The lowest BCUT2D eigenvalue weighted by atomic mass is 10.0. The summed E-state index contributed by atoms with van der Waals surface area (Å²) in [5.41, 5.74) is 0.414. The van der Waals surface area contributed by atoms with Crippen LogP contribution >= 0.6 is 0 Å². The molecule has 0 aliphatic heterocycles. The molecule has 1 aromatic rings. The summed E-state index contributed by atoms with van der Waals surface area (Å²) in [7, 11) is 0. The lowest BCUT2D eigenvalue weighted by Gasteiger charge is -2.08. The van der Waals surface area contributed by atoms with Crippen molar-refractivity contribution < 1.29 is 13.2 Å². The van der Waals surface area contributed by atoms with Gasteiger partial charge < -0.3 is 5.32 Å². The van der Waals surface area contributed by atoms with Gasteiger partial charge in [-0.25, -0.2) is 13.2 Å². The summed E-state index contributed by atoms with van der Waals surface area (Å²) in [6.07, 6.45) is 0. The predicted octanol–water partition coefficient (Wildman–Crippen LogP) is 3.63. The maximum atomic E-state index is 13.4. The van der Waals surface area contributed by atoms with E-state index >= 15 is 0 Å². The molecule has 1 fully saturated rings. The van der Waals surface area contributed by atoms with Gasteiger partial charge in [0.25, 0.3) is 0 Å². The first-order chi connectivity index (χ1) is 8.18. The second kappa shape index (κ2) is 3.98. The molecule has 1 saturated carbocycles. The van der Waals surface area contributed by atoms with Gasteiger partial charge in [-0.05, 0) is 16.9 Å². The second-order valence-electron chi connectivity index (χ2n) is 6.12. The number of hydrogen-bond acceptors (Lipinski definition) is 1. The van der Waals surface area contributed by atoms with E-state index in [1.54, 1.807) is 0 Å².